The zero-order valence-electron chi connectivity index (χ0n) is 8.33. The van der Waals surface area contributed by atoms with Gasteiger partial charge >= 0.3 is 6.09 Å². The second-order valence-corrected chi connectivity index (χ2v) is 4.32. The molecule has 1 heterocycles. The highest BCUT2D eigenvalue weighted by molar-refractivity contribution is 5.69. The lowest BCUT2D eigenvalue weighted by Crippen LogP contribution is -2.35. The van der Waals surface area contributed by atoms with Gasteiger partial charge in [-0.25, -0.2) is 4.79 Å². The second kappa shape index (κ2) is 3.54. The molecule has 4 heteroatoms. The number of amides is 1. The Morgan fingerprint density at radius 3 is 2.77 bits per heavy atom. The Hall–Kier alpha value is -0.770. The molecule has 2 N–H and O–H groups in total. The summed E-state index contributed by atoms with van der Waals surface area (Å²) in [5.74, 6) is 0. The largest absolute Gasteiger partial charge is 0.444 e. The van der Waals surface area contributed by atoms with E-state index in [0.717, 1.165) is 0 Å². The third-order valence-corrected chi connectivity index (χ3v) is 2.37. The molecule has 0 aromatic rings. The number of aliphatic hydroxyl groups excluding tert-OH is 1. The number of carbonyl (C=O) groups is 1. The second-order valence-electron chi connectivity index (χ2n) is 4.32. The summed E-state index contributed by atoms with van der Waals surface area (Å²) in [7, 11) is 0. The summed E-state index contributed by atoms with van der Waals surface area (Å²) in [6.45, 7) is 6.26. The van der Waals surface area contributed by atoms with E-state index < -0.39 is 0 Å². The minimum Gasteiger partial charge on any atom is -0.444 e. The first-order valence-electron chi connectivity index (χ1n) is 4.54. The number of hydrogen-bond acceptors (Lipinski definition) is 3. The maximum Gasteiger partial charge on any atom is 0.407 e. The predicted octanol–water partition coefficient (Wildman–Crippen LogP) is 0.892. The van der Waals surface area contributed by atoms with Crippen molar-refractivity contribution in [1.82, 2.24) is 5.32 Å². The predicted molar refractivity (Wildman–Crippen MR) is 48.4 cm³/mol. The number of carbonyl (C=O) groups excluding carboxylic acids is 1. The standard InChI is InChI=1S/C9H17NO3/c1-6(11)4-9(2,3)7-5-10-8(12)13-7/h6-7,11H,4-5H2,1-3H3,(H,10,12). The van der Waals surface area contributed by atoms with Crippen molar-refractivity contribution in [2.24, 2.45) is 5.41 Å². The fourth-order valence-electron chi connectivity index (χ4n) is 1.72. The maximum absolute atomic E-state index is 10.8. The van der Waals surface area contributed by atoms with E-state index in [1.165, 1.54) is 0 Å². The highest BCUT2D eigenvalue weighted by Crippen LogP contribution is 2.30. The first kappa shape index (κ1) is 10.3. The lowest BCUT2D eigenvalue weighted by Gasteiger charge is -2.30. The van der Waals surface area contributed by atoms with Crippen molar-refractivity contribution in [3.63, 3.8) is 0 Å². The average Bonchev–Trinajstić information content (AvgIpc) is 2.32. The molecule has 76 valence electrons. The van der Waals surface area contributed by atoms with Crippen LogP contribution in [0.25, 0.3) is 0 Å². The first-order valence-corrected chi connectivity index (χ1v) is 4.54. The monoisotopic (exact) mass is 187 g/mol. The number of ether oxygens (including phenoxy) is 1. The molecule has 0 spiro atoms. The van der Waals surface area contributed by atoms with Crippen molar-refractivity contribution in [2.45, 2.75) is 39.4 Å². The summed E-state index contributed by atoms with van der Waals surface area (Å²) in [6, 6.07) is 0. The van der Waals surface area contributed by atoms with Crippen molar-refractivity contribution < 1.29 is 14.6 Å². The fourth-order valence-corrected chi connectivity index (χ4v) is 1.72. The molecule has 0 bridgehead atoms. The molecule has 1 fully saturated rings. The van der Waals surface area contributed by atoms with E-state index in [-0.39, 0.29) is 23.7 Å². The Morgan fingerprint density at radius 2 is 2.38 bits per heavy atom. The van der Waals surface area contributed by atoms with Gasteiger partial charge < -0.3 is 15.2 Å². The topological polar surface area (TPSA) is 58.6 Å². The van der Waals surface area contributed by atoms with Gasteiger partial charge in [0.1, 0.15) is 6.10 Å². The zero-order valence-corrected chi connectivity index (χ0v) is 8.33. The van der Waals surface area contributed by atoms with Gasteiger partial charge in [-0.2, -0.15) is 0 Å². The average molecular weight is 187 g/mol. The van der Waals surface area contributed by atoms with Crippen LogP contribution >= 0.6 is 0 Å². The number of rotatable bonds is 3. The van der Waals surface area contributed by atoms with Crippen LogP contribution in [0.5, 0.6) is 0 Å². The van der Waals surface area contributed by atoms with E-state index in [0.29, 0.717) is 13.0 Å². The molecule has 0 aliphatic carbocycles. The number of hydrogen-bond donors (Lipinski definition) is 2. The third kappa shape index (κ3) is 2.59. The van der Waals surface area contributed by atoms with Crippen LogP contribution < -0.4 is 5.32 Å². The van der Waals surface area contributed by atoms with Gasteiger partial charge in [0.15, 0.2) is 0 Å². The molecule has 4 nitrogen and oxygen atoms in total. The molecule has 0 aromatic carbocycles. The lowest BCUT2D eigenvalue weighted by atomic mass is 9.81. The van der Waals surface area contributed by atoms with Crippen LogP contribution in [0.1, 0.15) is 27.2 Å². The van der Waals surface area contributed by atoms with E-state index in [2.05, 4.69) is 5.32 Å². The van der Waals surface area contributed by atoms with E-state index >= 15 is 0 Å². The molecule has 1 aliphatic rings. The minimum absolute atomic E-state index is 0.130. The van der Waals surface area contributed by atoms with Crippen molar-refractivity contribution >= 4 is 6.09 Å². The number of alkyl carbamates (subject to hydrolysis) is 1. The number of cyclic esters (lactones) is 1. The molecule has 0 saturated carbocycles. The van der Waals surface area contributed by atoms with Crippen LogP contribution in [0.2, 0.25) is 0 Å². The summed E-state index contributed by atoms with van der Waals surface area (Å²) >= 11 is 0. The number of nitrogens with one attached hydrogen (secondary N) is 1. The van der Waals surface area contributed by atoms with Gasteiger partial charge in [-0.1, -0.05) is 13.8 Å². The quantitative estimate of drug-likeness (QED) is 0.690. The normalized spacial score (nSPS) is 25.2. The Balaban J connectivity index is 2.53. The summed E-state index contributed by atoms with van der Waals surface area (Å²) in [5, 5.41) is 11.9. The van der Waals surface area contributed by atoms with Crippen LogP contribution in [0.4, 0.5) is 4.79 Å². The van der Waals surface area contributed by atoms with Crippen LogP contribution in [0, 0.1) is 5.41 Å². The van der Waals surface area contributed by atoms with Crippen LogP contribution in [-0.4, -0.2) is 30.0 Å². The SMILES string of the molecule is CC(O)CC(C)(C)C1CNC(=O)O1. The van der Waals surface area contributed by atoms with E-state index in [9.17, 15) is 9.90 Å². The van der Waals surface area contributed by atoms with Crippen LogP contribution in [-0.2, 0) is 4.74 Å². The highest BCUT2D eigenvalue weighted by Gasteiger charge is 2.37. The molecular formula is C9H17NO3. The van der Waals surface area contributed by atoms with Crippen molar-refractivity contribution in [1.29, 1.82) is 0 Å². The fraction of sp³-hybridized carbons (Fsp3) is 0.889. The smallest absolute Gasteiger partial charge is 0.407 e. The van der Waals surface area contributed by atoms with E-state index in [1.807, 2.05) is 13.8 Å². The van der Waals surface area contributed by atoms with Crippen LogP contribution in [0.15, 0.2) is 0 Å². The van der Waals surface area contributed by atoms with E-state index in [4.69, 9.17) is 4.74 Å². The maximum atomic E-state index is 10.8. The van der Waals surface area contributed by atoms with Gasteiger partial charge in [0.25, 0.3) is 0 Å². The summed E-state index contributed by atoms with van der Waals surface area (Å²) in [5.41, 5.74) is -0.173. The Kier molecular flexibility index (Phi) is 2.81. The number of aliphatic hydroxyl groups is 1. The van der Waals surface area contributed by atoms with Gasteiger partial charge in [-0.3, -0.25) is 0 Å². The molecule has 1 saturated heterocycles. The first-order chi connectivity index (χ1) is 5.92. The van der Waals surface area contributed by atoms with Crippen molar-refractivity contribution in [3.8, 4) is 0 Å². The van der Waals surface area contributed by atoms with Crippen LogP contribution in [0.3, 0.4) is 0 Å². The Labute approximate surface area is 78.3 Å². The molecule has 1 rings (SSSR count). The Morgan fingerprint density at radius 1 is 1.77 bits per heavy atom. The third-order valence-electron chi connectivity index (χ3n) is 2.37. The van der Waals surface area contributed by atoms with Crippen molar-refractivity contribution in [2.75, 3.05) is 6.54 Å². The van der Waals surface area contributed by atoms with Gasteiger partial charge in [-0.05, 0) is 13.3 Å². The highest BCUT2D eigenvalue weighted by atomic mass is 16.6. The van der Waals surface area contributed by atoms with Gasteiger partial charge in [0, 0.05) is 5.41 Å². The van der Waals surface area contributed by atoms with Gasteiger partial charge in [0.2, 0.25) is 0 Å². The Bertz CT molecular complexity index is 201. The van der Waals surface area contributed by atoms with Gasteiger partial charge in [-0.15, -0.1) is 0 Å². The molecule has 13 heavy (non-hydrogen) atoms. The lowest BCUT2D eigenvalue weighted by molar-refractivity contribution is 0.0266. The molecular weight excluding hydrogens is 170 g/mol. The summed E-state index contributed by atoms with van der Waals surface area (Å²) in [6.07, 6.45) is -0.223. The molecule has 2 atom stereocenters. The molecule has 0 aromatic heterocycles. The van der Waals surface area contributed by atoms with E-state index in [1.54, 1.807) is 6.92 Å². The summed E-state index contributed by atoms with van der Waals surface area (Å²) in [4.78, 5) is 10.8. The zero-order chi connectivity index (χ0) is 10.1. The summed E-state index contributed by atoms with van der Waals surface area (Å²) < 4.78 is 5.07. The molecule has 0 radical (unpaired) electrons. The minimum atomic E-state index is -0.366. The molecule has 2 unspecified atom stereocenters. The van der Waals surface area contributed by atoms with Crippen molar-refractivity contribution in [3.05, 3.63) is 0 Å². The van der Waals surface area contributed by atoms with Gasteiger partial charge in [0.05, 0.1) is 12.6 Å². The molecule has 1 amide bonds. The molecule has 1 aliphatic heterocycles.